The zero-order chi connectivity index (χ0) is 28.3. The van der Waals surface area contributed by atoms with Gasteiger partial charge >= 0.3 is 0 Å². The van der Waals surface area contributed by atoms with Crippen LogP contribution in [0.4, 0.5) is 17.2 Å². The van der Waals surface area contributed by atoms with Gasteiger partial charge in [-0.05, 0) is 70.4 Å². The molecule has 202 valence electrons. The fraction of sp³-hybridized carbons (Fsp3) is 0. The van der Waals surface area contributed by atoms with Crippen molar-refractivity contribution in [1.82, 2.24) is 9.97 Å². The van der Waals surface area contributed by atoms with E-state index in [1.165, 1.54) is 11.1 Å². The molecule has 4 aromatic heterocycles. The standard InChI is InChI=1S/C38H23N3O2/c1-2-7-24(8-3-1)26-14-13-25-15-16-28(22-27(25)21-26)41(33-11-6-10-30-32-23-39-20-19-35(32)42-37(30)33)36-18-17-31-29-9-4-5-12-34(29)43-38(31)40-36/h1-23H. The Balaban J connectivity index is 1.29. The van der Waals surface area contributed by atoms with Gasteiger partial charge in [-0.1, -0.05) is 78.9 Å². The number of anilines is 3. The van der Waals surface area contributed by atoms with E-state index in [9.17, 15) is 0 Å². The van der Waals surface area contributed by atoms with Gasteiger partial charge in [-0.25, -0.2) is 0 Å². The van der Waals surface area contributed by atoms with Crippen LogP contribution in [0.2, 0.25) is 0 Å². The molecule has 0 atom stereocenters. The van der Waals surface area contributed by atoms with Crippen LogP contribution < -0.4 is 4.90 Å². The minimum atomic E-state index is 0.594. The maximum absolute atomic E-state index is 6.47. The first kappa shape index (κ1) is 23.7. The van der Waals surface area contributed by atoms with E-state index in [0.29, 0.717) is 5.71 Å². The summed E-state index contributed by atoms with van der Waals surface area (Å²) >= 11 is 0. The van der Waals surface area contributed by atoms with Crippen LogP contribution in [0.15, 0.2) is 149 Å². The van der Waals surface area contributed by atoms with Gasteiger partial charge in [0, 0.05) is 39.6 Å². The predicted molar refractivity (Wildman–Crippen MR) is 174 cm³/mol. The molecule has 0 bridgehead atoms. The smallest absolute Gasteiger partial charge is 0.229 e. The van der Waals surface area contributed by atoms with Gasteiger partial charge in [0.15, 0.2) is 5.58 Å². The molecule has 0 unspecified atom stereocenters. The number of hydrogen-bond donors (Lipinski definition) is 0. The Bertz CT molecular complexity index is 2480. The second-order valence-corrected chi connectivity index (χ2v) is 10.7. The SMILES string of the molecule is c1ccc(-c2ccc3ccc(N(c4ccc5c(n4)oc4ccccc45)c4cccc5c4oc4ccncc45)cc3c2)cc1. The number of benzene rings is 5. The number of aromatic nitrogens is 2. The Morgan fingerprint density at radius 2 is 1.37 bits per heavy atom. The number of fused-ring (bicyclic) bond motifs is 7. The van der Waals surface area contributed by atoms with Crippen molar-refractivity contribution in [3.05, 3.63) is 140 Å². The van der Waals surface area contributed by atoms with E-state index in [1.54, 1.807) is 6.20 Å². The normalized spacial score (nSPS) is 11.7. The zero-order valence-corrected chi connectivity index (χ0v) is 22.9. The van der Waals surface area contributed by atoms with Crippen molar-refractivity contribution >= 4 is 72.0 Å². The van der Waals surface area contributed by atoms with Crippen LogP contribution in [0.25, 0.3) is 65.9 Å². The lowest BCUT2D eigenvalue weighted by atomic mass is 10.0. The lowest BCUT2D eigenvalue weighted by Crippen LogP contribution is -2.11. The Labute approximate surface area is 246 Å². The van der Waals surface area contributed by atoms with Gasteiger partial charge in [0.1, 0.15) is 17.0 Å². The summed E-state index contributed by atoms with van der Waals surface area (Å²) in [6.45, 7) is 0. The molecule has 0 spiro atoms. The molecule has 0 aliphatic rings. The highest BCUT2D eigenvalue weighted by molar-refractivity contribution is 6.10. The molecule has 0 saturated heterocycles. The summed E-state index contributed by atoms with van der Waals surface area (Å²) < 4.78 is 12.7. The van der Waals surface area contributed by atoms with E-state index < -0.39 is 0 Å². The van der Waals surface area contributed by atoms with Crippen LogP contribution in [0.3, 0.4) is 0 Å². The van der Waals surface area contributed by atoms with E-state index in [1.807, 2.05) is 36.5 Å². The fourth-order valence-electron chi connectivity index (χ4n) is 6.10. The summed E-state index contributed by atoms with van der Waals surface area (Å²) in [5.74, 6) is 0.733. The van der Waals surface area contributed by atoms with Crippen molar-refractivity contribution in [1.29, 1.82) is 0 Å². The fourth-order valence-corrected chi connectivity index (χ4v) is 6.10. The molecule has 0 fully saturated rings. The molecular weight excluding hydrogens is 530 g/mol. The zero-order valence-electron chi connectivity index (χ0n) is 22.9. The average molecular weight is 554 g/mol. The summed E-state index contributed by atoms with van der Waals surface area (Å²) in [6.07, 6.45) is 3.61. The van der Waals surface area contributed by atoms with Gasteiger partial charge in [0.25, 0.3) is 0 Å². The summed E-state index contributed by atoms with van der Waals surface area (Å²) in [6, 6.07) is 43.9. The number of hydrogen-bond acceptors (Lipinski definition) is 5. The van der Waals surface area contributed by atoms with Crippen LogP contribution in [0.1, 0.15) is 0 Å². The first-order valence-corrected chi connectivity index (χ1v) is 14.2. The Kier molecular flexibility index (Phi) is 5.13. The molecule has 0 aliphatic heterocycles. The van der Waals surface area contributed by atoms with Crippen molar-refractivity contribution in [3.63, 3.8) is 0 Å². The van der Waals surface area contributed by atoms with Crippen LogP contribution >= 0.6 is 0 Å². The van der Waals surface area contributed by atoms with Crippen molar-refractivity contribution in [3.8, 4) is 11.1 Å². The summed E-state index contributed by atoms with van der Waals surface area (Å²) in [5.41, 5.74) is 7.19. The largest absolute Gasteiger partial charge is 0.454 e. The van der Waals surface area contributed by atoms with Crippen LogP contribution in [-0.4, -0.2) is 9.97 Å². The summed E-state index contributed by atoms with van der Waals surface area (Å²) in [7, 11) is 0. The first-order valence-electron chi connectivity index (χ1n) is 14.2. The third kappa shape index (κ3) is 3.79. The molecule has 9 aromatic rings. The molecule has 0 saturated carbocycles. The minimum Gasteiger partial charge on any atom is -0.454 e. The van der Waals surface area contributed by atoms with E-state index in [-0.39, 0.29) is 0 Å². The lowest BCUT2D eigenvalue weighted by molar-refractivity contribution is 0.654. The molecule has 4 heterocycles. The Morgan fingerprint density at radius 3 is 2.33 bits per heavy atom. The number of furan rings is 2. The number of rotatable bonds is 4. The Hall–Kier alpha value is -5.94. The van der Waals surface area contributed by atoms with Crippen molar-refractivity contribution < 1.29 is 8.83 Å². The monoisotopic (exact) mass is 553 g/mol. The van der Waals surface area contributed by atoms with E-state index >= 15 is 0 Å². The van der Waals surface area contributed by atoms with Gasteiger partial charge in [0.05, 0.1) is 5.69 Å². The van der Waals surface area contributed by atoms with E-state index in [2.05, 4.69) is 107 Å². The van der Waals surface area contributed by atoms with Gasteiger partial charge in [-0.2, -0.15) is 4.98 Å². The number of pyridine rings is 2. The third-order valence-corrected chi connectivity index (χ3v) is 8.17. The van der Waals surface area contributed by atoms with Gasteiger partial charge in [-0.15, -0.1) is 0 Å². The molecule has 5 heteroatoms. The second-order valence-electron chi connectivity index (χ2n) is 10.7. The number of para-hydroxylation sites is 2. The average Bonchev–Trinajstić information content (AvgIpc) is 3.64. The van der Waals surface area contributed by atoms with Crippen molar-refractivity contribution in [2.75, 3.05) is 4.90 Å². The first-order chi connectivity index (χ1) is 21.3. The molecule has 9 rings (SSSR count). The maximum Gasteiger partial charge on any atom is 0.229 e. The predicted octanol–water partition coefficient (Wildman–Crippen LogP) is 10.6. The second kappa shape index (κ2) is 9.29. The van der Waals surface area contributed by atoms with Gasteiger partial charge in [0.2, 0.25) is 5.71 Å². The quantitative estimate of drug-likeness (QED) is 0.217. The molecule has 0 aliphatic carbocycles. The minimum absolute atomic E-state index is 0.594. The lowest BCUT2D eigenvalue weighted by Gasteiger charge is -2.24. The molecule has 0 N–H and O–H groups in total. The van der Waals surface area contributed by atoms with Crippen LogP contribution in [0.5, 0.6) is 0 Å². The van der Waals surface area contributed by atoms with E-state index in [0.717, 1.165) is 66.3 Å². The summed E-state index contributed by atoms with van der Waals surface area (Å²) in [5, 5.41) is 6.31. The highest BCUT2D eigenvalue weighted by Crippen LogP contribution is 2.43. The maximum atomic E-state index is 6.47. The highest BCUT2D eigenvalue weighted by atomic mass is 16.3. The van der Waals surface area contributed by atoms with Gasteiger partial charge < -0.3 is 8.83 Å². The topological polar surface area (TPSA) is 55.3 Å². The van der Waals surface area contributed by atoms with Crippen LogP contribution in [-0.2, 0) is 0 Å². The molecule has 0 radical (unpaired) electrons. The molecule has 5 aromatic carbocycles. The molecular formula is C38H23N3O2. The van der Waals surface area contributed by atoms with Crippen LogP contribution in [0, 0.1) is 0 Å². The molecule has 5 nitrogen and oxygen atoms in total. The van der Waals surface area contributed by atoms with E-state index in [4.69, 9.17) is 13.8 Å². The third-order valence-electron chi connectivity index (χ3n) is 8.17. The van der Waals surface area contributed by atoms with Gasteiger partial charge in [-0.3, -0.25) is 9.88 Å². The van der Waals surface area contributed by atoms with Crippen molar-refractivity contribution in [2.24, 2.45) is 0 Å². The number of nitrogens with zero attached hydrogens (tertiary/aromatic N) is 3. The Morgan fingerprint density at radius 1 is 0.535 bits per heavy atom. The molecule has 43 heavy (non-hydrogen) atoms. The summed E-state index contributed by atoms with van der Waals surface area (Å²) in [4.78, 5) is 11.6. The molecule has 0 amide bonds. The highest BCUT2D eigenvalue weighted by Gasteiger charge is 2.22. The van der Waals surface area contributed by atoms with Crippen molar-refractivity contribution in [2.45, 2.75) is 0 Å².